The second-order valence-corrected chi connectivity index (χ2v) is 5.32. The molecule has 1 aromatic heterocycles. The van der Waals surface area contributed by atoms with E-state index in [0.29, 0.717) is 12.8 Å². The fraction of sp³-hybridized carbons (Fsp3) is 0.267. The minimum Gasteiger partial charge on any atom is -0.392 e. The number of hydrogen-bond acceptors (Lipinski definition) is 2. The molecule has 2 rings (SSSR count). The van der Waals surface area contributed by atoms with E-state index in [9.17, 15) is 5.11 Å². The predicted molar refractivity (Wildman–Crippen MR) is 76.5 cm³/mol. The third-order valence-electron chi connectivity index (χ3n) is 2.86. The molecule has 1 aromatic carbocycles. The molecule has 0 aliphatic heterocycles. The van der Waals surface area contributed by atoms with Crippen LogP contribution in [-0.2, 0) is 12.8 Å². The zero-order valence-corrected chi connectivity index (χ0v) is 11.9. The van der Waals surface area contributed by atoms with Gasteiger partial charge in [-0.2, -0.15) is 0 Å². The Morgan fingerprint density at radius 2 is 2.06 bits per heavy atom. The number of aromatic nitrogens is 1. The first kappa shape index (κ1) is 13.2. The molecule has 0 amide bonds. The summed E-state index contributed by atoms with van der Waals surface area (Å²) in [6, 6.07) is 11.9. The number of rotatable bonds is 4. The molecule has 1 unspecified atom stereocenters. The molecule has 2 aromatic rings. The van der Waals surface area contributed by atoms with Crippen molar-refractivity contribution in [3.8, 4) is 0 Å². The number of nitrogens with zero attached hydrogens (tertiary/aromatic N) is 1. The molecule has 0 aliphatic rings. The van der Waals surface area contributed by atoms with E-state index < -0.39 is 0 Å². The van der Waals surface area contributed by atoms with Gasteiger partial charge in [0, 0.05) is 22.8 Å². The molecule has 18 heavy (non-hydrogen) atoms. The molecular weight excluding hydrogens is 290 g/mol. The molecule has 0 spiro atoms. The largest absolute Gasteiger partial charge is 0.392 e. The minimum absolute atomic E-state index is 0.388. The van der Waals surface area contributed by atoms with Crippen molar-refractivity contribution in [2.24, 2.45) is 0 Å². The van der Waals surface area contributed by atoms with Gasteiger partial charge in [-0.3, -0.25) is 4.98 Å². The van der Waals surface area contributed by atoms with Crippen molar-refractivity contribution in [3.05, 3.63) is 63.9 Å². The van der Waals surface area contributed by atoms with E-state index in [0.717, 1.165) is 15.7 Å². The Labute approximate surface area is 116 Å². The smallest absolute Gasteiger partial charge is 0.0635 e. The summed E-state index contributed by atoms with van der Waals surface area (Å²) in [5.74, 6) is 0. The number of hydrogen-bond donors (Lipinski definition) is 1. The molecule has 3 heteroatoms. The lowest BCUT2D eigenvalue weighted by molar-refractivity contribution is 0.174. The first-order chi connectivity index (χ1) is 8.65. The second-order valence-electron chi connectivity index (χ2n) is 4.47. The van der Waals surface area contributed by atoms with Gasteiger partial charge in [-0.25, -0.2) is 0 Å². The lowest BCUT2D eigenvalue weighted by Crippen LogP contribution is -2.14. The van der Waals surface area contributed by atoms with E-state index in [2.05, 4.69) is 33.9 Å². The Morgan fingerprint density at radius 1 is 1.22 bits per heavy atom. The summed E-state index contributed by atoms with van der Waals surface area (Å²) in [7, 11) is 0. The Bertz CT molecular complexity index is 513. The maximum Gasteiger partial charge on any atom is 0.0635 e. The highest BCUT2D eigenvalue weighted by atomic mass is 79.9. The highest BCUT2D eigenvalue weighted by Crippen LogP contribution is 2.18. The zero-order valence-electron chi connectivity index (χ0n) is 10.3. The summed E-state index contributed by atoms with van der Waals surface area (Å²) < 4.78 is 1.10. The van der Waals surface area contributed by atoms with Crippen molar-refractivity contribution >= 4 is 15.9 Å². The summed E-state index contributed by atoms with van der Waals surface area (Å²) >= 11 is 3.48. The number of aliphatic hydroxyl groups excluding tert-OH is 1. The third kappa shape index (κ3) is 3.65. The molecule has 1 N–H and O–H groups in total. The quantitative estimate of drug-likeness (QED) is 0.940. The second kappa shape index (κ2) is 6.12. The van der Waals surface area contributed by atoms with Gasteiger partial charge in [0.05, 0.1) is 6.10 Å². The van der Waals surface area contributed by atoms with Crippen LogP contribution in [0.3, 0.4) is 0 Å². The maximum absolute atomic E-state index is 10.1. The average Bonchev–Trinajstić information content (AvgIpc) is 2.35. The topological polar surface area (TPSA) is 33.1 Å². The van der Waals surface area contributed by atoms with Crippen molar-refractivity contribution in [2.75, 3.05) is 0 Å². The van der Waals surface area contributed by atoms with Crippen LogP contribution >= 0.6 is 15.9 Å². The van der Waals surface area contributed by atoms with Crippen LogP contribution in [-0.4, -0.2) is 16.2 Å². The summed E-state index contributed by atoms with van der Waals surface area (Å²) in [6.45, 7) is 2.05. The highest BCUT2D eigenvalue weighted by Gasteiger charge is 2.08. The molecule has 0 bridgehead atoms. The van der Waals surface area contributed by atoms with Gasteiger partial charge in [-0.05, 0) is 42.7 Å². The summed E-state index contributed by atoms with van der Waals surface area (Å²) in [4.78, 5) is 4.22. The van der Waals surface area contributed by atoms with Crippen LogP contribution in [0.4, 0.5) is 0 Å². The molecule has 0 saturated carbocycles. The fourth-order valence-electron chi connectivity index (χ4n) is 1.94. The molecule has 0 fully saturated rings. The van der Waals surface area contributed by atoms with E-state index in [4.69, 9.17) is 0 Å². The molecule has 0 radical (unpaired) electrons. The number of aryl methyl sites for hydroxylation is 1. The molecule has 1 heterocycles. The third-order valence-corrected chi connectivity index (χ3v) is 3.75. The Hall–Kier alpha value is -1.19. The summed E-state index contributed by atoms with van der Waals surface area (Å²) in [6.07, 6.45) is 2.62. The van der Waals surface area contributed by atoms with Crippen LogP contribution in [0.15, 0.2) is 47.1 Å². The summed E-state index contributed by atoms with van der Waals surface area (Å²) in [5, 5.41) is 10.1. The van der Waals surface area contributed by atoms with Crippen molar-refractivity contribution in [1.82, 2.24) is 4.98 Å². The molecule has 1 atom stereocenters. The Balaban J connectivity index is 1.99. The van der Waals surface area contributed by atoms with Gasteiger partial charge >= 0.3 is 0 Å². The predicted octanol–water partition coefficient (Wildman–Crippen LogP) is 3.30. The number of aliphatic hydroxyl groups is 1. The van der Waals surface area contributed by atoms with E-state index in [1.54, 1.807) is 6.20 Å². The molecule has 2 nitrogen and oxygen atoms in total. The standard InChI is InChI=1S/C15H16BrNO/c1-11-8-12(5-6-15(11)16)9-14(18)10-13-4-2-3-7-17-13/h2-8,14,18H,9-10H2,1H3. The molecule has 94 valence electrons. The monoisotopic (exact) mass is 305 g/mol. The molecule has 0 aliphatic carbocycles. The van der Waals surface area contributed by atoms with Gasteiger partial charge in [-0.1, -0.05) is 34.1 Å². The van der Waals surface area contributed by atoms with Crippen molar-refractivity contribution in [3.63, 3.8) is 0 Å². The number of halogens is 1. The number of pyridine rings is 1. The van der Waals surface area contributed by atoms with Gasteiger partial charge in [0.15, 0.2) is 0 Å². The normalized spacial score (nSPS) is 12.4. The molecular formula is C15H16BrNO. The number of benzene rings is 1. The highest BCUT2D eigenvalue weighted by molar-refractivity contribution is 9.10. The van der Waals surface area contributed by atoms with Crippen molar-refractivity contribution < 1.29 is 5.11 Å². The van der Waals surface area contributed by atoms with Crippen LogP contribution in [0.2, 0.25) is 0 Å². The maximum atomic E-state index is 10.1. The Morgan fingerprint density at radius 3 is 2.72 bits per heavy atom. The molecule has 0 saturated heterocycles. The zero-order chi connectivity index (χ0) is 13.0. The van der Waals surface area contributed by atoms with Gasteiger partial charge in [0.1, 0.15) is 0 Å². The fourth-order valence-corrected chi connectivity index (χ4v) is 2.18. The van der Waals surface area contributed by atoms with Crippen LogP contribution in [0, 0.1) is 6.92 Å². The van der Waals surface area contributed by atoms with Crippen LogP contribution in [0.25, 0.3) is 0 Å². The van der Waals surface area contributed by atoms with E-state index >= 15 is 0 Å². The SMILES string of the molecule is Cc1cc(CC(O)Cc2ccccn2)ccc1Br. The van der Waals surface area contributed by atoms with Crippen LogP contribution in [0.1, 0.15) is 16.8 Å². The lowest BCUT2D eigenvalue weighted by atomic mass is 10.0. The van der Waals surface area contributed by atoms with Crippen LogP contribution < -0.4 is 0 Å². The van der Waals surface area contributed by atoms with Gasteiger partial charge < -0.3 is 5.11 Å². The van der Waals surface area contributed by atoms with Crippen molar-refractivity contribution in [1.29, 1.82) is 0 Å². The average molecular weight is 306 g/mol. The van der Waals surface area contributed by atoms with E-state index in [1.165, 1.54) is 5.56 Å². The van der Waals surface area contributed by atoms with E-state index in [-0.39, 0.29) is 6.10 Å². The summed E-state index contributed by atoms with van der Waals surface area (Å²) in [5.41, 5.74) is 3.27. The van der Waals surface area contributed by atoms with Crippen LogP contribution in [0.5, 0.6) is 0 Å². The van der Waals surface area contributed by atoms with E-state index in [1.807, 2.05) is 30.3 Å². The lowest BCUT2D eigenvalue weighted by Gasteiger charge is -2.11. The van der Waals surface area contributed by atoms with Gasteiger partial charge in [-0.15, -0.1) is 0 Å². The van der Waals surface area contributed by atoms with Gasteiger partial charge in [0.2, 0.25) is 0 Å². The van der Waals surface area contributed by atoms with Crippen molar-refractivity contribution in [2.45, 2.75) is 25.9 Å². The minimum atomic E-state index is -0.388. The van der Waals surface area contributed by atoms with Gasteiger partial charge in [0.25, 0.3) is 0 Å². The first-order valence-corrected chi connectivity index (χ1v) is 6.77. The first-order valence-electron chi connectivity index (χ1n) is 5.98. The Kier molecular flexibility index (Phi) is 4.50.